The summed E-state index contributed by atoms with van der Waals surface area (Å²) < 4.78 is 7.24. The number of aryl methyl sites for hydroxylation is 1. The molecule has 0 aliphatic carbocycles. The Morgan fingerprint density at radius 3 is 2.92 bits per heavy atom. The first-order valence-electron chi connectivity index (χ1n) is 7.98. The van der Waals surface area contributed by atoms with Gasteiger partial charge in [0.1, 0.15) is 5.75 Å². The van der Waals surface area contributed by atoms with Crippen LogP contribution < -0.4 is 10.1 Å². The normalized spacial score (nSPS) is 10.8. The Morgan fingerprint density at radius 2 is 2.19 bits per heavy atom. The number of imidazole rings is 1. The van der Waals surface area contributed by atoms with E-state index in [4.69, 9.17) is 4.74 Å². The van der Waals surface area contributed by atoms with Crippen LogP contribution in [0.3, 0.4) is 0 Å². The Balaban J connectivity index is 1.69. The van der Waals surface area contributed by atoms with Crippen LogP contribution >= 0.6 is 11.3 Å². The van der Waals surface area contributed by atoms with Crippen LogP contribution in [0.1, 0.15) is 15.2 Å². The number of rotatable bonds is 4. The van der Waals surface area contributed by atoms with E-state index < -0.39 is 0 Å². The van der Waals surface area contributed by atoms with Crippen molar-refractivity contribution in [3.05, 3.63) is 64.7 Å². The summed E-state index contributed by atoms with van der Waals surface area (Å²) in [5, 5.41) is 4.88. The lowest BCUT2D eigenvalue weighted by Crippen LogP contribution is -2.11. The molecule has 0 bridgehead atoms. The molecule has 3 heterocycles. The molecular formula is C19H16N4O2S. The number of carbonyl (C=O) groups is 1. The monoisotopic (exact) mass is 364 g/mol. The number of thiophene rings is 1. The summed E-state index contributed by atoms with van der Waals surface area (Å²) in [6, 6.07) is 9.30. The number of aromatic nitrogens is 3. The lowest BCUT2D eigenvalue weighted by Gasteiger charge is -2.11. The number of anilines is 1. The molecule has 0 saturated heterocycles. The average molecular weight is 364 g/mol. The lowest BCUT2D eigenvalue weighted by atomic mass is 10.1. The summed E-state index contributed by atoms with van der Waals surface area (Å²) >= 11 is 1.42. The van der Waals surface area contributed by atoms with E-state index in [-0.39, 0.29) is 5.91 Å². The highest BCUT2D eigenvalue weighted by molar-refractivity contribution is 7.12. The second-order valence-corrected chi connectivity index (χ2v) is 6.72. The molecule has 0 spiro atoms. The summed E-state index contributed by atoms with van der Waals surface area (Å²) in [7, 11) is 1.58. The molecule has 0 radical (unpaired) electrons. The van der Waals surface area contributed by atoms with Gasteiger partial charge in [0.25, 0.3) is 5.91 Å². The minimum Gasteiger partial charge on any atom is -0.495 e. The molecule has 7 heteroatoms. The predicted octanol–water partition coefficient (Wildman–Crippen LogP) is 4.03. The first-order chi connectivity index (χ1) is 12.6. The van der Waals surface area contributed by atoms with Crippen molar-refractivity contribution in [2.24, 2.45) is 0 Å². The van der Waals surface area contributed by atoms with Gasteiger partial charge in [0.05, 0.1) is 23.4 Å². The van der Waals surface area contributed by atoms with Gasteiger partial charge in [0.15, 0.2) is 0 Å². The van der Waals surface area contributed by atoms with Gasteiger partial charge >= 0.3 is 0 Å². The number of nitrogens with one attached hydrogen (secondary N) is 1. The third kappa shape index (κ3) is 3.04. The lowest BCUT2D eigenvalue weighted by molar-refractivity contribution is 0.103. The van der Waals surface area contributed by atoms with Gasteiger partial charge in [-0.3, -0.25) is 9.20 Å². The maximum absolute atomic E-state index is 12.5. The van der Waals surface area contributed by atoms with Crippen molar-refractivity contribution in [1.29, 1.82) is 0 Å². The Hall–Kier alpha value is -3.19. The number of carbonyl (C=O) groups excluding carboxylic acids is 1. The molecule has 4 aromatic rings. The van der Waals surface area contributed by atoms with E-state index in [1.54, 1.807) is 13.3 Å². The molecule has 26 heavy (non-hydrogen) atoms. The molecule has 0 saturated carbocycles. The molecule has 0 aliphatic heterocycles. The van der Waals surface area contributed by atoms with Gasteiger partial charge in [-0.2, -0.15) is 0 Å². The second kappa shape index (κ2) is 6.61. The summed E-state index contributed by atoms with van der Waals surface area (Å²) in [6.07, 6.45) is 5.50. The van der Waals surface area contributed by atoms with E-state index in [2.05, 4.69) is 15.3 Å². The molecule has 4 rings (SSSR count). The Labute approximate surface area is 154 Å². The number of fused-ring (bicyclic) bond motifs is 1. The number of hydrogen-bond donors (Lipinski definition) is 1. The summed E-state index contributed by atoms with van der Waals surface area (Å²) in [6.45, 7) is 1.96. The van der Waals surface area contributed by atoms with E-state index in [0.29, 0.717) is 22.1 Å². The Kier molecular flexibility index (Phi) is 4.14. The fourth-order valence-corrected chi connectivity index (χ4v) is 3.46. The van der Waals surface area contributed by atoms with Crippen LogP contribution in [0.2, 0.25) is 0 Å². The topological polar surface area (TPSA) is 68.5 Å². The molecule has 0 unspecified atom stereocenters. The predicted molar refractivity (Wildman–Crippen MR) is 102 cm³/mol. The molecule has 0 atom stereocenters. The number of hydrogen-bond acceptors (Lipinski definition) is 5. The molecule has 1 amide bonds. The van der Waals surface area contributed by atoms with Crippen molar-refractivity contribution in [2.75, 3.05) is 12.4 Å². The van der Waals surface area contributed by atoms with Gasteiger partial charge < -0.3 is 10.1 Å². The number of benzene rings is 1. The molecule has 0 fully saturated rings. The van der Waals surface area contributed by atoms with E-state index in [9.17, 15) is 4.79 Å². The Morgan fingerprint density at radius 1 is 1.31 bits per heavy atom. The zero-order valence-corrected chi connectivity index (χ0v) is 15.1. The highest BCUT2D eigenvalue weighted by Crippen LogP contribution is 2.31. The first kappa shape index (κ1) is 16.3. The van der Waals surface area contributed by atoms with Crippen LogP contribution in [0.25, 0.3) is 17.0 Å². The van der Waals surface area contributed by atoms with Gasteiger partial charge in [-0.25, -0.2) is 9.97 Å². The van der Waals surface area contributed by atoms with Crippen molar-refractivity contribution < 1.29 is 9.53 Å². The van der Waals surface area contributed by atoms with Crippen LogP contribution in [0.4, 0.5) is 5.69 Å². The number of methoxy groups -OCH3 is 1. The largest absolute Gasteiger partial charge is 0.495 e. The van der Waals surface area contributed by atoms with Gasteiger partial charge in [0, 0.05) is 24.2 Å². The van der Waals surface area contributed by atoms with Crippen LogP contribution in [-0.4, -0.2) is 27.4 Å². The SMILES string of the molecule is COc1ccc(-c2cn3cccnc3n2)cc1NC(=O)c1cc(C)cs1. The maximum atomic E-state index is 12.5. The zero-order valence-electron chi connectivity index (χ0n) is 14.3. The van der Waals surface area contributed by atoms with Gasteiger partial charge in [-0.1, -0.05) is 0 Å². The maximum Gasteiger partial charge on any atom is 0.265 e. The molecule has 3 aromatic heterocycles. The third-order valence-corrected chi connectivity index (χ3v) is 4.98. The molecule has 6 nitrogen and oxygen atoms in total. The van der Waals surface area contributed by atoms with Crippen molar-refractivity contribution >= 4 is 28.7 Å². The standard InChI is InChI=1S/C19H16N4O2S/c1-12-8-17(26-11-12)18(24)21-14-9-13(4-5-16(14)25-2)15-10-23-7-3-6-20-19(23)22-15/h3-11H,1-2H3,(H,21,24). The minimum absolute atomic E-state index is 0.157. The van der Waals surface area contributed by atoms with E-state index in [1.807, 2.05) is 59.4 Å². The number of nitrogens with zero attached hydrogens (tertiary/aromatic N) is 3. The van der Waals surface area contributed by atoms with Gasteiger partial charge in [-0.15, -0.1) is 11.3 Å². The second-order valence-electron chi connectivity index (χ2n) is 5.81. The van der Waals surface area contributed by atoms with Crippen molar-refractivity contribution in [2.45, 2.75) is 6.92 Å². The highest BCUT2D eigenvalue weighted by Gasteiger charge is 2.14. The molecule has 130 valence electrons. The number of ether oxygens (including phenoxy) is 1. The third-order valence-electron chi connectivity index (χ3n) is 3.93. The van der Waals surface area contributed by atoms with Gasteiger partial charge in [0.2, 0.25) is 5.78 Å². The minimum atomic E-state index is -0.157. The average Bonchev–Trinajstić information content (AvgIpc) is 3.27. The van der Waals surface area contributed by atoms with Crippen LogP contribution in [0, 0.1) is 6.92 Å². The first-order valence-corrected chi connectivity index (χ1v) is 8.86. The quantitative estimate of drug-likeness (QED) is 0.594. The molecular weight excluding hydrogens is 348 g/mol. The zero-order chi connectivity index (χ0) is 18.1. The van der Waals surface area contributed by atoms with Crippen molar-refractivity contribution in [3.63, 3.8) is 0 Å². The van der Waals surface area contributed by atoms with E-state index in [1.165, 1.54) is 11.3 Å². The summed E-state index contributed by atoms with van der Waals surface area (Å²) in [5.74, 6) is 1.06. The van der Waals surface area contributed by atoms with E-state index in [0.717, 1.165) is 16.8 Å². The molecule has 1 N–H and O–H groups in total. The van der Waals surface area contributed by atoms with Gasteiger partial charge in [-0.05, 0) is 48.2 Å². The fraction of sp³-hybridized carbons (Fsp3) is 0.105. The van der Waals surface area contributed by atoms with E-state index >= 15 is 0 Å². The Bertz CT molecular complexity index is 1070. The highest BCUT2D eigenvalue weighted by atomic mass is 32.1. The summed E-state index contributed by atoms with van der Waals surface area (Å²) in [4.78, 5) is 21.9. The fourth-order valence-electron chi connectivity index (χ4n) is 2.67. The van der Waals surface area contributed by atoms with Crippen molar-refractivity contribution in [3.8, 4) is 17.0 Å². The van der Waals surface area contributed by atoms with Crippen LogP contribution in [0.5, 0.6) is 5.75 Å². The van der Waals surface area contributed by atoms with Crippen LogP contribution in [0.15, 0.2) is 54.3 Å². The smallest absolute Gasteiger partial charge is 0.265 e. The molecule has 1 aromatic carbocycles. The molecule has 0 aliphatic rings. The van der Waals surface area contributed by atoms with Crippen molar-refractivity contribution in [1.82, 2.24) is 14.4 Å². The van der Waals surface area contributed by atoms with Crippen LogP contribution in [-0.2, 0) is 0 Å². The number of amides is 1. The summed E-state index contributed by atoms with van der Waals surface area (Å²) in [5.41, 5.74) is 3.31.